The summed E-state index contributed by atoms with van der Waals surface area (Å²) in [5.74, 6) is 1.54. The number of nitrogens with zero attached hydrogens (tertiary/aromatic N) is 3. The Bertz CT molecular complexity index is 1140. The van der Waals surface area contributed by atoms with Crippen LogP contribution in [0.4, 0.5) is 5.95 Å². The standard InChI is InChI=1S/C26H24ClN3/c27-22-11-12-24-23(18-22)25(21-9-5-2-6-10-21)29-26(28-24)30-15-13-20(14-16-30)17-19-7-3-1-4-8-19/h1-12,18,20H,13-17H2. The molecule has 4 heteroatoms. The lowest BCUT2D eigenvalue weighted by molar-refractivity contribution is 0.401. The van der Waals surface area contributed by atoms with Crippen LogP contribution in [0.25, 0.3) is 22.2 Å². The van der Waals surface area contributed by atoms with Gasteiger partial charge in [-0.05, 0) is 48.9 Å². The first-order valence-electron chi connectivity index (χ1n) is 10.6. The molecule has 3 nitrogen and oxygen atoms in total. The molecule has 0 atom stereocenters. The van der Waals surface area contributed by atoms with Crippen LogP contribution < -0.4 is 4.90 Å². The Balaban J connectivity index is 1.42. The first-order chi connectivity index (χ1) is 14.8. The summed E-state index contributed by atoms with van der Waals surface area (Å²) in [4.78, 5) is 12.2. The topological polar surface area (TPSA) is 29.0 Å². The largest absolute Gasteiger partial charge is 0.341 e. The van der Waals surface area contributed by atoms with Crippen molar-refractivity contribution < 1.29 is 0 Å². The zero-order chi connectivity index (χ0) is 20.3. The number of halogens is 1. The molecule has 30 heavy (non-hydrogen) atoms. The fourth-order valence-corrected chi connectivity index (χ4v) is 4.50. The predicted octanol–water partition coefficient (Wildman–Crippen LogP) is 6.41. The van der Waals surface area contributed by atoms with Gasteiger partial charge in [-0.25, -0.2) is 9.97 Å². The summed E-state index contributed by atoms with van der Waals surface area (Å²) in [6.45, 7) is 1.98. The van der Waals surface area contributed by atoms with E-state index in [2.05, 4.69) is 47.4 Å². The maximum atomic E-state index is 6.28. The van der Waals surface area contributed by atoms with Crippen LogP contribution >= 0.6 is 11.6 Å². The van der Waals surface area contributed by atoms with E-state index in [1.807, 2.05) is 36.4 Å². The Kier molecular flexibility index (Phi) is 5.37. The first-order valence-corrected chi connectivity index (χ1v) is 11.0. The molecule has 1 fully saturated rings. The minimum absolute atomic E-state index is 0.706. The third kappa shape index (κ3) is 4.03. The smallest absolute Gasteiger partial charge is 0.226 e. The molecule has 3 aromatic carbocycles. The molecule has 0 amide bonds. The van der Waals surface area contributed by atoms with Crippen LogP contribution in [0.5, 0.6) is 0 Å². The highest BCUT2D eigenvalue weighted by atomic mass is 35.5. The van der Waals surface area contributed by atoms with Crippen LogP contribution in [0.2, 0.25) is 5.02 Å². The molecule has 0 N–H and O–H groups in total. The number of rotatable bonds is 4. The van der Waals surface area contributed by atoms with Gasteiger partial charge in [0.05, 0.1) is 11.2 Å². The van der Waals surface area contributed by atoms with Crippen molar-refractivity contribution in [1.82, 2.24) is 9.97 Å². The third-order valence-electron chi connectivity index (χ3n) is 5.96. The van der Waals surface area contributed by atoms with Crippen molar-refractivity contribution in [1.29, 1.82) is 0 Å². The summed E-state index contributed by atoms with van der Waals surface area (Å²) in [5.41, 5.74) is 4.41. The molecule has 4 aromatic rings. The lowest BCUT2D eigenvalue weighted by atomic mass is 9.90. The summed E-state index contributed by atoms with van der Waals surface area (Å²) >= 11 is 6.28. The second-order valence-corrected chi connectivity index (χ2v) is 8.46. The monoisotopic (exact) mass is 413 g/mol. The highest BCUT2D eigenvalue weighted by Gasteiger charge is 2.22. The van der Waals surface area contributed by atoms with E-state index in [9.17, 15) is 0 Å². The van der Waals surface area contributed by atoms with Crippen molar-refractivity contribution in [2.75, 3.05) is 18.0 Å². The molecule has 0 aliphatic carbocycles. The van der Waals surface area contributed by atoms with Gasteiger partial charge in [0.1, 0.15) is 0 Å². The van der Waals surface area contributed by atoms with E-state index in [1.54, 1.807) is 0 Å². The summed E-state index contributed by atoms with van der Waals surface area (Å²) in [6, 6.07) is 27.0. The predicted molar refractivity (Wildman–Crippen MR) is 125 cm³/mol. The van der Waals surface area contributed by atoms with E-state index in [0.29, 0.717) is 5.02 Å². The van der Waals surface area contributed by atoms with Crippen LogP contribution in [0.15, 0.2) is 78.9 Å². The molecule has 1 saturated heterocycles. The molecule has 0 saturated carbocycles. The van der Waals surface area contributed by atoms with Gasteiger partial charge in [0.25, 0.3) is 0 Å². The van der Waals surface area contributed by atoms with Gasteiger partial charge in [-0.15, -0.1) is 0 Å². The average Bonchev–Trinajstić information content (AvgIpc) is 2.80. The fraction of sp³-hybridized carbons (Fsp3) is 0.231. The summed E-state index contributed by atoms with van der Waals surface area (Å²) in [5, 5.41) is 1.70. The van der Waals surface area contributed by atoms with Gasteiger partial charge in [0, 0.05) is 29.1 Å². The molecule has 0 bridgehead atoms. The average molecular weight is 414 g/mol. The van der Waals surface area contributed by atoms with Gasteiger partial charge in [0.2, 0.25) is 5.95 Å². The number of fused-ring (bicyclic) bond motifs is 1. The van der Waals surface area contributed by atoms with Crippen molar-refractivity contribution >= 4 is 28.5 Å². The van der Waals surface area contributed by atoms with Crippen LogP contribution in [0.1, 0.15) is 18.4 Å². The van der Waals surface area contributed by atoms with Gasteiger partial charge in [-0.1, -0.05) is 72.3 Å². The Labute approximate surface area is 182 Å². The van der Waals surface area contributed by atoms with Crippen molar-refractivity contribution in [3.63, 3.8) is 0 Å². The quantitative estimate of drug-likeness (QED) is 0.387. The second-order valence-electron chi connectivity index (χ2n) is 8.02. The third-order valence-corrected chi connectivity index (χ3v) is 6.19. The molecule has 1 aliphatic heterocycles. The van der Waals surface area contributed by atoms with E-state index < -0.39 is 0 Å². The van der Waals surface area contributed by atoms with Crippen LogP contribution in [0, 0.1) is 5.92 Å². The van der Waals surface area contributed by atoms with Crippen molar-refractivity contribution in [2.45, 2.75) is 19.3 Å². The number of hydrogen-bond acceptors (Lipinski definition) is 3. The Hall–Kier alpha value is -2.91. The maximum absolute atomic E-state index is 6.28. The van der Waals surface area contributed by atoms with E-state index in [4.69, 9.17) is 21.6 Å². The molecule has 0 spiro atoms. The minimum atomic E-state index is 0.706. The second kappa shape index (κ2) is 8.45. The summed E-state index contributed by atoms with van der Waals surface area (Å²) < 4.78 is 0. The van der Waals surface area contributed by atoms with Gasteiger partial charge in [-0.3, -0.25) is 0 Å². The molecule has 1 aliphatic rings. The molecule has 2 heterocycles. The summed E-state index contributed by atoms with van der Waals surface area (Å²) in [7, 11) is 0. The number of anilines is 1. The molecule has 1 aromatic heterocycles. The Morgan fingerprint density at radius 2 is 1.53 bits per heavy atom. The lowest BCUT2D eigenvalue weighted by Crippen LogP contribution is -2.35. The molecule has 150 valence electrons. The van der Waals surface area contributed by atoms with Crippen LogP contribution in [-0.2, 0) is 6.42 Å². The van der Waals surface area contributed by atoms with E-state index in [1.165, 1.54) is 5.56 Å². The molecular weight excluding hydrogens is 390 g/mol. The van der Waals surface area contributed by atoms with Crippen molar-refractivity contribution in [3.05, 3.63) is 89.4 Å². The zero-order valence-electron chi connectivity index (χ0n) is 16.8. The highest BCUT2D eigenvalue weighted by molar-refractivity contribution is 6.31. The minimum Gasteiger partial charge on any atom is -0.341 e. The molecule has 0 radical (unpaired) electrons. The lowest BCUT2D eigenvalue weighted by Gasteiger charge is -2.32. The Morgan fingerprint density at radius 1 is 0.833 bits per heavy atom. The summed E-state index contributed by atoms with van der Waals surface area (Å²) in [6.07, 6.45) is 3.48. The maximum Gasteiger partial charge on any atom is 0.226 e. The van der Waals surface area contributed by atoms with Crippen LogP contribution in [0.3, 0.4) is 0 Å². The van der Waals surface area contributed by atoms with E-state index in [0.717, 1.165) is 66.4 Å². The normalized spacial score (nSPS) is 14.9. The molecule has 0 unspecified atom stereocenters. The van der Waals surface area contributed by atoms with E-state index >= 15 is 0 Å². The molecule has 5 rings (SSSR count). The van der Waals surface area contributed by atoms with Crippen LogP contribution in [-0.4, -0.2) is 23.1 Å². The first kappa shape index (κ1) is 19.1. The zero-order valence-corrected chi connectivity index (χ0v) is 17.6. The Morgan fingerprint density at radius 3 is 2.27 bits per heavy atom. The van der Waals surface area contributed by atoms with Gasteiger partial charge < -0.3 is 4.90 Å². The van der Waals surface area contributed by atoms with Crippen molar-refractivity contribution in [3.8, 4) is 11.3 Å². The highest BCUT2D eigenvalue weighted by Crippen LogP contribution is 2.31. The van der Waals surface area contributed by atoms with Gasteiger partial charge in [-0.2, -0.15) is 0 Å². The number of piperidine rings is 1. The number of hydrogen-bond donors (Lipinski definition) is 0. The van der Waals surface area contributed by atoms with Gasteiger partial charge >= 0.3 is 0 Å². The van der Waals surface area contributed by atoms with E-state index in [-0.39, 0.29) is 0 Å². The molecular formula is C26H24ClN3. The number of benzene rings is 3. The fourth-order valence-electron chi connectivity index (χ4n) is 4.33. The SMILES string of the molecule is Clc1ccc2nc(N3CCC(Cc4ccccc4)CC3)nc(-c3ccccc3)c2c1. The van der Waals surface area contributed by atoms with Gasteiger partial charge in [0.15, 0.2) is 0 Å². The van der Waals surface area contributed by atoms with Crippen molar-refractivity contribution in [2.24, 2.45) is 5.92 Å². The number of aromatic nitrogens is 2.